The number of hydrogen-bond acceptors (Lipinski definition) is 3. The van der Waals surface area contributed by atoms with E-state index in [1.165, 1.54) is 0 Å². The van der Waals surface area contributed by atoms with Gasteiger partial charge < -0.3 is 15.2 Å². The minimum Gasteiger partial charge on any atom is -0.488 e. The van der Waals surface area contributed by atoms with E-state index >= 15 is 0 Å². The molecule has 23 heavy (non-hydrogen) atoms. The lowest BCUT2D eigenvalue weighted by molar-refractivity contribution is 0.190. The number of halogens is 3. The van der Waals surface area contributed by atoms with E-state index in [9.17, 15) is 5.11 Å². The van der Waals surface area contributed by atoms with E-state index < -0.39 is 6.10 Å². The fraction of sp³-hybridized carbons (Fsp3) is 0.294. The number of hydrogen-bond donors (Lipinski definition) is 2. The fourth-order valence-corrected chi connectivity index (χ4v) is 2.76. The highest BCUT2D eigenvalue weighted by Crippen LogP contribution is 2.28. The Bertz CT molecular complexity index is 642. The Hall–Kier alpha value is -0.970. The van der Waals surface area contributed by atoms with Gasteiger partial charge in [-0.1, -0.05) is 40.9 Å². The molecule has 0 radical (unpaired) electrons. The van der Waals surface area contributed by atoms with Gasteiger partial charge >= 0.3 is 0 Å². The highest BCUT2D eigenvalue weighted by atomic mass is 35.5. The lowest BCUT2D eigenvalue weighted by atomic mass is 10.2. The summed E-state index contributed by atoms with van der Waals surface area (Å²) in [6.45, 7) is 3.02. The van der Waals surface area contributed by atoms with Gasteiger partial charge in [0, 0.05) is 39.3 Å². The molecule has 2 aromatic rings. The second-order valence-corrected chi connectivity index (χ2v) is 6.47. The van der Waals surface area contributed by atoms with Gasteiger partial charge in [-0.25, -0.2) is 0 Å². The average Bonchev–Trinajstić information content (AvgIpc) is 2.48. The van der Waals surface area contributed by atoms with Crippen LogP contribution in [0.2, 0.25) is 15.1 Å². The first-order chi connectivity index (χ1) is 11.0. The van der Waals surface area contributed by atoms with Crippen LogP contribution in [0.3, 0.4) is 0 Å². The Balaban J connectivity index is 2.10. The monoisotopic (exact) mass is 373 g/mol. The maximum atomic E-state index is 9.32. The molecular formula is C17H18Cl3NO2. The second kappa shape index (κ2) is 8.76. The van der Waals surface area contributed by atoms with Crippen LogP contribution in [-0.2, 0) is 13.2 Å². The Labute approximate surface area is 151 Å². The quantitative estimate of drug-likeness (QED) is 0.738. The molecule has 0 saturated carbocycles. The second-order valence-electron chi connectivity index (χ2n) is 5.22. The molecule has 0 aliphatic carbocycles. The third-order valence-electron chi connectivity index (χ3n) is 3.21. The van der Waals surface area contributed by atoms with Crippen LogP contribution in [0.5, 0.6) is 5.75 Å². The Morgan fingerprint density at radius 3 is 2.48 bits per heavy atom. The zero-order valence-electron chi connectivity index (χ0n) is 12.7. The smallest absolute Gasteiger partial charge is 0.124 e. The van der Waals surface area contributed by atoms with Gasteiger partial charge in [-0.2, -0.15) is 0 Å². The van der Waals surface area contributed by atoms with Gasteiger partial charge in [-0.15, -0.1) is 0 Å². The largest absolute Gasteiger partial charge is 0.488 e. The molecule has 2 rings (SSSR count). The summed E-state index contributed by atoms with van der Waals surface area (Å²) in [5.41, 5.74) is 1.65. The van der Waals surface area contributed by atoms with Crippen LogP contribution in [0.15, 0.2) is 36.4 Å². The molecule has 0 saturated heterocycles. The number of aliphatic hydroxyl groups excluding tert-OH is 1. The van der Waals surface area contributed by atoms with Crippen molar-refractivity contribution in [2.45, 2.75) is 26.2 Å². The highest BCUT2D eigenvalue weighted by molar-refractivity contribution is 6.35. The first-order valence-corrected chi connectivity index (χ1v) is 8.33. The normalized spacial score (nSPS) is 12.2. The molecule has 124 valence electrons. The van der Waals surface area contributed by atoms with Gasteiger partial charge in [0.25, 0.3) is 0 Å². The van der Waals surface area contributed by atoms with Crippen molar-refractivity contribution in [1.29, 1.82) is 0 Å². The maximum absolute atomic E-state index is 9.32. The Morgan fingerprint density at radius 2 is 1.83 bits per heavy atom. The number of ether oxygens (including phenoxy) is 1. The molecule has 0 heterocycles. The zero-order valence-corrected chi connectivity index (χ0v) is 14.9. The van der Waals surface area contributed by atoms with Crippen molar-refractivity contribution in [2.75, 3.05) is 6.54 Å². The van der Waals surface area contributed by atoms with Crippen LogP contribution in [0.25, 0.3) is 0 Å². The van der Waals surface area contributed by atoms with Gasteiger partial charge in [0.2, 0.25) is 0 Å². The van der Waals surface area contributed by atoms with Crippen LogP contribution in [-0.4, -0.2) is 17.8 Å². The molecule has 0 aliphatic rings. The average molecular weight is 375 g/mol. The molecule has 1 atom stereocenters. The summed E-state index contributed by atoms with van der Waals surface area (Å²) < 4.78 is 5.87. The third-order valence-corrected chi connectivity index (χ3v) is 4.15. The van der Waals surface area contributed by atoms with E-state index in [2.05, 4.69) is 5.32 Å². The van der Waals surface area contributed by atoms with E-state index in [1.807, 2.05) is 12.1 Å². The molecule has 0 spiro atoms. The SMILES string of the molecule is C[C@H](O)CNCc1cc(Cl)ccc1OCc1c(Cl)cccc1Cl. The lowest BCUT2D eigenvalue weighted by Gasteiger charge is -2.14. The number of nitrogens with one attached hydrogen (secondary N) is 1. The van der Waals surface area contributed by atoms with E-state index in [1.54, 1.807) is 31.2 Å². The summed E-state index contributed by atoms with van der Waals surface area (Å²) in [5.74, 6) is 0.698. The van der Waals surface area contributed by atoms with Gasteiger partial charge in [0.05, 0.1) is 6.10 Å². The summed E-state index contributed by atoms with van der Waals surface area (Å²) in [5, 5.41) is 14.2. The minimum atomic E-state index is -0.416. The summed E-state index contributed by atoms with van der Waals surface area (Å²) in [6.07, 6.45) is -0.416. The number of aliphatic hydroxyl groups is 1. The van der Waals surface area contributed by atoms with Crippen molar-refractivity contribution in [1.82, 2.24) is 5.32 Å². The Kier molecular flexibility index (Phi) is 7.00. The van der Waals surface area contributed by atoms with E-state index in [4.69, 9.17) is 39.5 Å². The van der Waals surface area contributed by atoms with Crippen molar-refractivity contribution in [2.24, 2.45) is 0 Å². The van der Waals surface area contributed by atoms with Gasteiger partial charge in [-0.3, -0.25) is 0 Å². The van der Waals surface area contributed by atoms with Crippen LogP contribution < -0.4 is 10.1 Å². The standard InChI is InChI=1S/C17H18Cl3NO2/c1-11(22)8-21-9-12-7-13(18)5-6-17(12)23-10-14-15(19)3-2-4-16(14)20/h2-7,11,21-22H,8-10H2,1H3/t11-/m0/s1. The molecule has 0 amide bonds. The van der Waals surface area contributed by atoms with Gasteiger partial charge in [-0.05, 0) is 37.3 Å². The minimum absolute atomic E-state index is 0.267. The van der Waals surface area contributed by atoms with Crippen molar-refractivity contribution >= 4 is 34.8 Å². The van der Waals surface area contributed by atoms with Gasteiger partial charge in [0.1, 0.15) is 12.4 Å². The molecule has 0 aromatic heterocycles. The van der Waals surface area contributed by atoms with Crippen LogP contribution in [0, 0.1) is 0 Å². The summed E-state index contributed by atoms with van der Waals surface area (Å²) in [7, 11) is 0. The zero-order chi connectivity index (χ0) is 16.8. The first kappa shape index (κ1) is 18.4. The summed E-state index contributed by atoms with van der Waals surface area (Å²) in [4.78, 5) is 0. The molecule has 0 bridgehead atoms. The molecule has 3 nitrogen and oxygen atoms in total. The van der Waals surface area contributed by atoms with Crippen molar-refractivity contribution < 1.29 is 9.84 Å². The number of benzene rings is 2. The van der Waals surface area contributed by atoms with Crippen molar-refractivity contribution in [3.63, 3.8) is 0 Å². The molecule has 6 heteroatoms. The lowest BCUT2D eigenvalue weighted by Crippen LogP contribution is -2.24. The van der Waals surface area contributed by atoms with Crippen molar-refractivity contribution in [3.8, 4) is 5.75 Å². The van der Waals surface area contributed by atoms with E-state index in [0.29, 0.717) is 33.9 Å². The molecule has 0 aliphatic heterocycles. The molecule has 2 N–H and O–H groups in total. The Morgan fingerprint density at radius 1 is 1.13 bits per heavy atom. The van der Waals surface area contributed by atoms with E-state index in [0.717, 1.165) is 11.1 Å². The number of rotatable bonds is 7. The highest BCUT2D eigenvalue weighted by Gasteiger charge is 2.09. The predicted molar refractivity (Wildman–Crippen MR) is 95.6 cm³/mol. The van der Waals surface area contributed by atoms with Crippen LogP contribution in [0.1, 0.15) is 18.1 Å². The summed E-state index contributed by atoms with van der Waals surface area (Å²) in [6, 6.07) is 10.8. The topological polar surface area (TPSA) is 41.5 Å². The van der Waals surface area contributed by atoms with E-state index in [-0.39, 0.29) is 6.61 Å². The molecule has 0 fully saturated rings. The third kappa shape index (κ3) is 5.55. The van der Waals surface area contributed by atoms with Crippen molar-refractivity contribution in [3.05, 3.63) is 62.6 Å². The molecule has 0 unspecified atom stereocenters. The maximum Gasteiger partial charge on any atom is 0.124 e. The molecule has 2 aromatic carbocycles. The van der Waals surface area contributed by atoms with Gasteiger partial charge in [0.15, 0.2) is 0 Å². The summed E-state index contributed by atoms with van der Waals surface area (Å²) >= 11 is 18.4. The van der Waals surface area contributed by atoms with Crippen LogP contribution in [0.4, 0.5) is 0 Å². The van der Waals surface area contributed by atoms with Crippen LogP contribution >= 0.6 is 34.8 Å². The predicted octanol–water partition coefficient (Wildman–Crippen LogP) is 4.70. The molecular weight excluding hydrogens is 357 g/mol. The fourth-order valence-electron chi connectivity index (χ4n) is 2.06. The first-order valence-electron chi connectivity index (χ1n) is 7.20.